The molecule has 2 heterocycles. The molecule has 4 rings (SSSR count). The Bertz CT molecular complexity index is 773. The van der Waals surface area contributed by atoms with Crippen LogP contribution in [0.3, 0.4) is 0 Å². The lowest BCUT2D eigenvalue weighted by molar-refractivity contribution is -0.0215. The Morgan fingerprint density at radius 3 is 2.96 bits per heavy atom. The van der Waals surface area contributed by atoms with Crippen LogP contribution in [0.2, 0.25) is 0 Å². The van der Waals surface area contributed by atoms with E-state index in [1.54, 1.807) is 18.0 Å². The minimum atomic E-state index is -0.342. The first kappa shape index (κ1) is 14.6. The fourth-order valence-corrected chi connectivity index (χ4v) is 3.67. The Morgan fingerprint density at radius 2 is 2.17 bits per heavy atom. The topological polar surface area (TPSA) is 43.7 Å². The van der Waals surface area contributed by atoms with E-state index in [0.29, 0.717) is 18.1 Å². The molecule has 0 fully saturated rings. The number of aromatic nitrogens is 1. The lowest BCUT2D eigenvalue weighted by atomic mass is 9.92. The van der Waals surface area contributed by atoms with Crippen LogP contribution in [0.15, 0.2) is 46.7 Å². The molecule has 1 spiro atoms. The summed E-state index contributed by atoms with van der Waals surface area (Å²) in [5, 5.41) is 5.16. The van der Waals surface area contributed by atoms with Crippen LogP contribution in [0.4, 0.5) is 0 Å². The minimum Gasteiger partial charge on any atom is -0.438 e. The smallest absolute Gasteiger partial charge is 0.235 e. The molecule has 2 aliphatic rings. The molecule has 1 aromatic carbocycles. The van der Waals surface area contributed by atoms with E-state index in [1.165, 1.54) is 16.7 Å². The van der Waals surface area contributed by atoms with Crippen molar-refractivity contribution in [2.75, 3.05) is 6.26 Å². The Morgan fingerprint density at radius 1 is 1.26 bits per heavy atom. The average Bonchev–Trinajstić information content (AvgIpc) is 3.13. The number of hydrogen-bond acceptors (Lipinski definition) is 5. The van der Waals surface area contributed by atoms with Gasteiger partial charge in [-0.25, -0.2) is 4.98 Å². The van der Waals surface area contributed by atoms with E-state index in [1.807, 2.05) is 18.4 Å². The van der Waals surface area contributed by atoms with Crippen LogP contribution in [0.5, 0.6) is 5.75 Å². The van der Waals surface area contributed by atoms with Crippen LogP contribution < -0.4 is 4.74 Å². The molecule has 1 aliphatic heterocycles. The monoisotopic (exact) mass is 326 g/mol. The molecular weight excluding hydrogens is 308 g/mol. The Labute approximate surface area is 139 Å². The van der Waals surface area contributed by atoms with Crippen LogP contribution in [0.25, 0.3) is 0 Å². The normalized spacial score (nSPS) is 21.9. The summed E-state index contributed by atoms with van der Waals surface area (Å²) >= 11 is 1.61. The van der Waals surface area contributed by atoms with Crippen molar-refractivity contribution in [3.63, 3.8) is 0 Å². The maximum atomic E-state index is 5.85. The van der Waals surface area contributed by atoms with Gasteiger partial charge in [-0.05, 0) is 43.7 Å². The van der Waals surface area contributed by atoms with Crippen molar-refractivity contribution in [3.8, 4) is 5.75 Å². The molecule has 1 aromatic heterocycles. The van der Waals surface area contributed by atoms with Gasteiger partial charge in [-0.1, -0.05) is 28.9 Å². The second kappa shape index (κ2) is 5.57. The van der Waals surface area contributed by atoms with Gasteiger partial charge in [0.25, 0.3) is 0 Å². The predicted molar refractivity (Wildman–Crippen MR) is 91.0 cm³/mol. The van der Waals surface area contributed by atoms with Crippen LogP contribution in [-0.2, 0) is 16.9 Å². The van der Waals surface area contributed by atoms with Gasteiger partial charge in [0.2, 0.25) is 5.90 Å². The molecule has 0 unspecified atom stereocenters. The van der Waals surface area contributed by atoms with Crippen molar-refractivity contribution in [2.24, 2.45) is 5.16 Å². The van der Waals surface area contributed by atoms with Crippen molar-refractivity contribution in [2.45, 2.75) is 36.8 Å². The van der Waals surface area contributed by atoms with Gasteiger partial charge in [-0.3, -0.25) is 0 Å². The molecule has 2 aromatic rings. The van der Waals surface area contributed by atoms with Gasteiger partial charge >= 0.3 is 0 Å². The first-order valence-electron chi connectivity index (χ1n) is 7.71. The number of thioether (sulfide) groups is 1. The molecule has 1 aliphatic carbocycles. The maximum Gasteiger partial charge on any atom is 0.235 e. The summed E-state index contributed by atoms with van der Waals surface area (Å²) in [6, 6.07) is 10.4. The number of ether oxygens (including phenoxy) is 1. The van der Waals surface area contributed by atoms with Crippen molar-refractivity contribution >= 4 is 17.7 Å². The Balaban J connectivity index is 1.51. The van der Waals surface area contributed by atoms with E-state index in [4.69, 9.17) is 9.57 Å². The number of fused-ring (bicyclic) bond motifs is 2. The minimum absolute atomic E-state index is 0.342. The second-order valence-electron chi connectivity index (χ2n) is 6.05. The van der Waals surface area contributed by atoms with E-state index >= 15 is 0 Å². The molecule has 1 atom stereocenters. The van der Waals surface area contributed by atoms with Crippen LogP contribution in [0, 0.1) is 6.92 Å². The SMILES string of the molecule is CSc1ccc(OC2=NO[C@]3(CCc4cc(C)ccc43)C2)cn1. The zero-order valence-corrected chi connectivity index (χ0v) is 14.0. The molecule has 118 valence electrons. The van der Waals surface area contributed by atoms with Crippen molar-refractivity contribution in [1.82, 2.24) is 4.98 Å². The highest BCUT2D eigenvalue weighted by Crippen LogP contribution is 2.46. The van der Waals surface area contributed by atoms with Crippen LogP contribution in [-0.4, -0.2) is 17.1 Å². The summed E-state index contributed by atoms with van der Waals surface area (Å²) < 4.78 is 5.85. The molecule has 4 nitrogen and oxygen atoms in total. The average molecular weight is 326 g/mol. The van der Waals surface area contributed by atoms with Crippen molar-refractivity contribution < 1.29 is 9.57 Å². The molecule has 0 amide bonds. The van der Waals surface area contributed by atoms with Crippen LogP contribution in [0.1, 0.15) is 29.5 Å². The van der Waals surface area contributed by atoms with Gasteiger partial charge in [0.15, 0.2) is 5.60 Å². The molecule has 0 saturated heterocycles. The summed E-state index contributed by atoms with van der Waals surface area (Å²) in [6.07, 6.45) is 6.38. The lowest BCUT2D eigenvalue weighted by Crippen LogP contribution is -2.24. The summed E-state index contributed by atoms with van der Waals surface area (Å²) in [7, 11) is 0. The van der Waals surface area contributed by atoms with E-state index in [-0.39, 0.29) is 5.60 Å². The highest BCUT2D eigenvalue weighted by Gasteiger charge is 2.46. The molecule has 0 radical (unpaired) electrons. The second-order valence-corrected chi connectivity index (χ2v) is 6.87. The molecule has 0 bridgehead atoms. The Hall–Kier alpha value is -2.01. The third-order valence-corrected chi connectivity index (χ3v) is 5.12. The van der Waals surface area contributed by atoms with E-state index in [0.717, 1.165) is 17.9 Å². The van der Waals surface area contributed by atoms with Gasteiger partial charge in [-0.15, -0.1) is 11.8 Å². The number of benzene rings is 1. The molecule has 0 N–H and O–H groups in total. The van der Waals surface area contributed by atoms with Gasteiger partial charge in [0.1, 0.15) is 5.75 Å². The summed E-state index contributed by atoms with van der Waals surface area (Å²) in [5.74, 6) is 1.32. The first-order valence-corrected chi connectivity index (χ1v) is 8.94. The third-order valence-electron chi connectivity index (χ3n) is 4.46. The molecule has 0 saturated carbocycles. The number of pyridine rings is 1. The zero-order chi connectivity index (χ0) is 15.9. The Kier molecular flexibility index (Phi) is 3.53. The number of rotatable bonds is 2. The molecule has 5 heteroatoms. The van der Waals surface area contributed by atoms with E-state index < -0.39 is 0 Å². The lowest BCUT2D eigenvalue weighted by Gasteiger charge is -2.21. The molecule has 23 heavy (non-hydrogen) atoms. The third kappa shape index (κ3) is 2.59. The number of aryl methyl sites for hydroxylation is 2. The van der Waals surface area contributed by atoms with E-state index in [9.17, 15) is 0 Å². The number of hydrogen-bond donors (Lipinski definition) is 0. The van der Waals surface area contributed by atoms with Crippen molar-refractivity contribution in [1.29, 1.82) is 0 Å². The van der Waals surface area contributed by atoms with Crippen molar-refractivity contribution in [3.05, 3.63) is 53.2 Å². The van der Waals surface area contributed by atoms with Gasteiger partial charge < -0.3 is 9.57 Å². The summed E-state index contributed by atoms with van der Waals surface area (Å²) in [4.78, 5) is 10.2. The maximum absolute atomic E-state index is 5.85. The summed E-state index contributed by atoms with van der Waals surface area (Å²) in [5.41, 5.74) is 3.57. The number of oxime groups is 1. The fourth-order valence-electron chi connectivity index (χ4n) is 3.31. The standard InChI is InChI=1S/C18H18N2O2S/c1-12-3-5-15-13(9-12)7-8-18(15)10-16(20-22-18)21-14-4-6-17(23-2)19-11-14/h3-6,9,11H,7-8,10H2,1-2H3/t18-/m1/s1. The van der Waals surface area contributed by atoms with E-state index in [2.05, 4.69) is 35.3 Å². The summed E-state index contributed by atoms with van der Waals surface area (Å²) in [6.45, 7) is 2.12. The van der Waals surface area contributed by atoms with Crippen LogP contribution >= 0.6 is 11.8 Å². The predicted octanol–water partition coefficient (Wildman–Crippen LogP) is 4.07. The first-order chi connectivity index (χ1) is 11.2. The van der Waals surface area contributed by atoms with Gasteiger partial charge in [0, 0.05) is 5.56 Å². The quantitative estimate of drug-likeness (QED) is 0.781. The fraction of sp³-hybridized carbons (Fsp3) is 0.333. The highest BCUT2D eigenvalue weighted by molar-refractivity contribution is 7.98. The zero-order valence-electron chi connectivity index (χ0n) is 13.2. The largest absolute Gasteiger partial charge is 0.438 e. The van der Waals surface area contributed by atoms with Gasteiger partial charge in [-0.2, -0.15) is 0 Å². The van der Waals surface area contributed by atoms with Gasteiger partial charge in [0.05, 0.1) is 17.6 Å². The highest BCUT2D eigenvalue weighted by atomic mass is 32.2. The molecular formula is C18H18N2O2S. The number of nitrogens with zero attached hydrogens (tertiary/aromatic N) is 2.